The smallest absolute Gasteiger partial charge is 0.130 e. The number of nitrogens with one attached hydrogen (secondary N) is 1. The molecule has 14 heavy (non-hydrogen) atoms. The van der Waals surface area contributed by atoms with Gasteiger partial charge in [-0.2, -0.15) is 0 Å². The second-order valence-electron chi connectivity index (χ2n) is 4.65. The fourth-order valence-corrected chi connectivity index (χ4v) is 1.21. The Bertz CT molecular complexity index is 313. The van der Waals surface area contributed by atoms with E-state index in [0.29, 0.717) is 12.1 Å². The van der Waals surface area contributed by atoms with E-state index >= 15 is 0 Å². The first kappa shape index (κ1) is 11.2. The molecule has 1 aromatic carbocycles. The van der Waals surface area contributed by atoms with Gasteiger partial charge in [-0.1, -0.05) is 18.2 Å². The number of aryl methyl sites for hydroxylation is 1. The highest BCUT2D eigenvalue weighted by atomic mass is 19.1. The maximum Gasteiger partial charge on any atom is 0.130 e. The van der Waals surface area contributed by atoms with E-state index in [1.165, 1.54) is 0 Å². The molecule has 0 saturated heterocycles. The zero-order chi connectivity index (χ0) is 10.8. The number of benzene rings is 1. The summed E-state index contributed by atoms with van der Waals surface area (Å²) in [4.78, 5) is 0. The van der Waals surface area contributed by atoms with Gasteiger partial charge in [0.05, 0.1) is 0 Å². The van der Waals surface area contributed by atoms with Gasteiger partial charge < -0.3 is 5.32 Å². The molecule has 1 rings (SSSR count). The van der Waals surface area contributed by atoms with Crippen LogP contribution in [0.15, 0.2) is 18.2 Å². The molecule has 0 aliphatic carbocycles. The van der Waals surface area contributed by atoms with Gasteiger partial charge in [0.25, 0.3) is 0 Å². The predicted molar refractivity (Wildman–Crippen MR) is 57.7 cm³/mol. The second kappa shape index (κ2) is 4.09. The molecule has 0 radical (unpaired) electrons. The zero-order valence-corrected chi connectivity index (χ0v) is 9.32. The summed E-state index contributed by atoms with van der Waals surface area (Å²) in [6, 6.07) is 5.50. The van der Waals surface area contributed by atoms with Gasteiger partial charge in [-0.15, -0.1) is 0 Å². The van der Waals surface area contributed by atoms with Crippen LogP contribution in [0.25, 0.3) is 0 Å². The molecule has 0 aliphatic rings. The summed E-state index contributed by atoms with van der Waals surface area (Å²) >= 11 is 0. The SMILES string of the molecule is Cc1cccc(CNC(C)(C)C)c1F. The second-order valence-corrected chi connectivity index (χ2v) is 4.65. The van der Waals surface area contributed by atoms with E-state index in [4.69, 9.17) is 0 Å². The minimum atomic E-state index is -0.0933. The van der Waals surface area contributed by atoms with Crippen LogP contribution in [0.2, 0.25) is 0 Å². The van der Waals surface area contributed by atoms with Crippen molar-refractivity contribution in [1.29, 1.82) is 0 Å². The lowest BCUT2D eigenvalue weighted by Crippen LogP contribution is -2.35. The van der Waals surface area contributed by atoms with Crippen molar-refractivity contribution in [1.82, 2.24) is 5.32 Å². The molecule has 0 spiro atoms. The van der Waals surface area contributed by atoms with Gasteiger partial charge in [0.1, 0.15) is 5.82 Å². The lowest BCUT2D eigenvalue weighted by molar-refractivity contribution is 0.418. The Morgan fingerprint density at radius 2 is 1.93 bits per heavy atom. The van der Waals surface area contributed by atoms with E-state index in [0.717, 1.165) is 5.56 Å². The van der Waals surface area contributed by atoms with Gasteiger partial charge >= 0.3 is 0 Å². The maximum atomic E-state index is 13.5. The quantitative estimate of drug-likeness (QED) is 0.765. The molecule has 0 amide bonds. The van der Waals surface area contributed by atoms with Crippen LogP contribution in [-0.4, -0.2) is 5.54 Å². The Morgan fingerprint density at radius 3 is 2.50 bits per heavy atom. The lowest BCUT2D eigenvalue weighted by atomic mass is 10.1. The van der Waals surface area contributed by atoms with Crippen LogP contribution in [0.3, 0.4) is 0 Å². The molecule has 1 N–H and O–H groups in total. The Kier molecular flexibility index (Phi) is 3.27. The highest BCUT2D eigenvalue weighted by molar-refractivity contribution is 5.24. The van der Waals surface area contributed by atoms with Gasteiger partial charge in [0.15, 0.2) is 0 Å². The molecule has 0 aliphatic heterocycles. The maximum absolute atomic E-state index is 13.5. The van der Waals surface area contributed by atoms with Crippen molar-refractivity contribution >= 4 is 0 Å². The highest BCUT2D eigenvalue weighted by Gasteiger charge is 2.10. The monoisotopic (exact) mass is 195 g/mol. The summed E-state index contributed by atoms with van der Waals surface area (Å²) in [6.07, 6.45) is 0. The summed E-state index contributed by atoms with van der Waals surface area (Å²) in [7, 11) is 0. The number of rotatable bonds is 2. The molecular weight excluding hydrogens is 177 g/mol. The minimum absolute atomic E-state index is 0.0240. The molecule has 0 atom stereocenters. The summed E-state index contributed by atoms with van der Waals surface area (Å²) in [6.45, 7) is 8.58. The van der Waals surface area contributed by atoms with Crippen LogP contribution >= 0.6 is 0 Å². The van der Waals surface area contributed by atoms with Gasteiger partial charge in [0.2, 0.25) is 0 Å². The molecule has 1 aromatic rings. The molecule has 0 fully saturated rings. The Hall–Kier alpha value is -0.890. The van der Waals surface area contributed by atoms with Crippen LogP contribution in [0.4, 0.5) is 4.39 Å². The van der Waals surface area contributed by atoms with Crippen molar-refractivity contribution in [2.24, 2.45) is 0 Å². The van der Waals surface area contributed by atoms with Crippen molar-refractivity contribution < 1.29 is 4.39 Å². The van der Waals surface area contributed by atoms with Crippen LogP contribution in [0.5, 0.6) is 0 Å². The molecule has 0 unspecified atom stereocenters. The van der Waals surface area contributed by atoms with E-state index in [1.807, 2.05) is 12.1 Å². The summed E-state index contributed by atoms with van der Waals surface area (Å²) in [5.41, 5.74) is 1.47. The van der Waals surface area contributed by atoms with Crippen molar-refractivity contribution in [3.05, 3.63) is 35.1 Å². The van der Waals surface area contributed by atoms with Crippen LogP contribution in [0.1, 0.15) is 31.9 Å². The largest absolute Gasteiger partial charge is 0.308 e. The van der Waals surface area contributed by atoms with E-state index in [2.05, 4.69) is 26.1 Å². The van der Waals surface area contributed by atoms with Crippen LogP contribution < -0.4 is 5.32 Å². The summed E-state index contributed by atoms with van der Waals surface area (Å²) < 4.78 is 13.5. The predicted octanol–water partition coefficient (Wildman–Crippen LogP) is 3.02. The van der Waals surface area contributed by atoms with Gasteiger partial charge in [-0.25, -0.2) is 4.39 Å². The van der Waals surface area contributed by atoms with Crippen molar-refractivity contribution in [3.63, 3.8) is 0 Å². The third-order valence-electron chi connectivity index (χ3n) is 2.08. The molecule has 1 nitrogen and oxygen atoms in total. The molecule has 78 valence electrons. The van der Waals surface area contributed by atoms with E-state index in [-0.39, 0.29) is 11.4 Å². The fourth-order valence-electron chi connectivity index (χ4n) is 1.21. The normalized spacial score (nSPS) is 11.8. The third kappa shape index (κ3) is 3.11. The number of halogens is 1. The van der Waals surface area contributed by atoms with Crippen LogP contribution in [-0.2, 0) is 6.54 Å². The van der Waals surface area contributed by atoms with Crippen LogP contribution in [0, 0.1) is 12.7 Å². The standard InChI is InChI=1S/C12H18FN/c1-9-6-5-7-10(11(9)13)8-14-12(2,3)4/h5-7,14H,8H2,1-4H3. The summed E-state index contributed by atoms with van der Waals surface area (Å²) in [5.74, 6) is -0.0933. The van der Waals surface area contributed by atoms with Crippen molar-refractivity contribution in [3.8, 4) is 0 Å². The van der Waals surface area contributed by atoms with E-state index < -0.39 is 0 Å². The van der Waals surface area contributed by atoms with Crippen molar-refractivity contribution in [2.45, 2.75) is 39.8 Å². The Labute approximate surface area is 85.3 Å². The molecule has 0 heterocycles. The Balaban J connectivity index is 2.73. The van der Waals surface area contributed by atoms with Gasteiger partial charge in [-0.05, 0) is 33.3 Å². The van der Waals surface area contributed by atoms with Crippen molar-refractivity contribution in [2.75, 3.05) is 0 Å². The first-order valence-electron chi connectivity index (χ1n) is 4.89. The average Bonchev–Trinajstić information content (AvgIpc) is 2.06. The molecule has 0 saturated carbocycles. The minimum Gasteiger partial charge on any atom is -0.308 e. The molecular formula is C12H18FN. The highest BCUT2D eigenvalue weighted by Crippen LogP contribution is 2.12. The first-order valence-corrected chi connectivity index (χ1v) is 4.89. The van der Waals surface area contributed by atoms with E-state index in [9.17, 15) is 4.39 Å². The lowest BCUT2D eigenvalue weighted by Gasteiger charge is -2.20. The van der Waals surface area contributed by atoms with E-state index in [1.54, 1.807) is 13.0 Å². The number of hydrogen-bond donors (Lipinski definition) is 1. The summed E-state index contributed by atoms with van der Waals surface area (Å²) in [5, 5.41) is 3.27. The zero-order valence-electron chi connectivity index (χ0n) is 9.32. The fraction of sp³-hybridized carbons (Fsp3) is 0.500. The molecule has 0 bridgehead atoms. The number of hydrogen-bond acceptors (Lipinski definition) is 1. The Morgan fingerprint density at radius 1 is 1.29 bits per heavy atom. The van der Waals surface area contributed by atoms with Gasteiger partial charge in [0, 0.05) is 17.6 Å². The average molecular weight is 195 g/mol. The first-order chi connectivity index (χ1) is 6.40. The van der Waals surface area contributed by atoms with Gasteiger partial charge in [-0.3, -0.25) is 0 Å². The molecule has 2 heteroatoms. The molecule has 0 aromatic heterocycles. The topological polar surface area (TPSA) is 12.0 Å². The third-order valence-corrected chi connectivity index (χ3v) is 2.08.